The number of aromatic nitrogens is 2. The number of nitriles is 1. The minimum absolute atomic E-state index is 0.0186. The van der Waals surface area contributed by atoms with E-state index in [4.69, 9.17) is 26.3 Å². The summed E-state index contributed by atoms with van der Waals surface area (Å²) in [5.74, 6) is -1.58. The summed E-state index contributed by atoms with van der Waals surface area (Å²) in [5, 5.41) is 11.0. The standard InChI is InChI=1S/C34H34ClF2N7O3/c1-21(36)32(46)43-17-16-42(18-23(43)9-13-38)31-24-10-15-41(27-5-2-4-22-6-7-25(37)30(35)29(22)27)19-26(24)39-33(40-31)47-20-34-11-3-14-44(34)28(45)8-12-34/h2,4-7,23H,1,3,8-12,14-20H2/t23-,34?/m0/s1. The Labute approximate surface area is 276 Å². The third-order valence-electron chi connectivity index (χ3n) is 10.1. The first kappa shape index (κ1) is 31.1. The molecule has 2 aromatic carbocycles. The van der Waals surface area contributed by atoms with Crippen molar-refractivity contribution in [2.24, 2.45) is 0 Å². The van der Waals surface area contributed by atoms with Gasteiger partial charge < -0.3 is 24.3 Å². The molecule has 10 nitrogen and oxygen atoms in total. The molecule has 0 spiro atoms. The monoisotopic (exact) mass is 661 g/mol. The number of nitrogens with zero attached hydrogens (tertiary/aromatic N) is 7. The number of anilines is 2. The van der Waals surface area contributed by atoms with Crippen LogP contribution in [0, 0.1) is 17.1 Å². The number of hydrogen-bond acceptors (Lipinski definition) is 8. The quantitative estimate of drug-likeness (QED) is 0.328. The van der Waals surface area contributed by atoms with Gasteiger partial charge in [-0.05, 0) is 43.2 Å². The molecule has 3 saturated heterocycles. The summed E-state index contributed by atoms with van der Waals surface area (Å²) in [6, 6.07) is 10.5. The fourth-order valence-corrected chi connectivity index (χ4v) is 7.98. The molecule has 47 heavy (non-hydrogen) atoms. The van der Waals surface area contributed by atoms with Crippen LogP contribution in [-0.4, -0.2) is 82.5 Å². The van der Waals surface area contributed by atoms with Gasteiger partial charge in [0.05, 0.1) is 41.3 Å². The van der Waals surface area contributed by atoms with Crippen LogP contribution in [0.3, 0.4) is 0 Å². The van der Waals surface area contributed by atoms with Crippen LogP contribution in [0.4, 0.5) is 20.3 Å². The fraction of sp³-hybridized carbons (Fsp3) is 0.441. The van der Waals surface area contributed by atoms with Crippen molar-refractivity contribution < 1.29 is 23.1 Å². The molecule has 2 atom stereocenters. The molecule has 0 N–H and O–H groups in total. The maximum atomic E-state index is 14.6. The van der Waals surface area contributed by atoms with E-state index in [0.717, 1.165) is 48.1 Å². The molecule has 7 rings (SSSR count). The lowest BCUT2D eigenvalue weighted by Gasteiger charge is -2.42. The molecule has 5 heterocycles. The summed E-state index contributed by atoms with van der Waals surface area (Å²) in [6.07, 6.45) is 3.57. The number of rotatable bonds is 7. The second-order valence-corrected chi connectivity index (χ2v) is 13.1. The summed E-state index contributed by atoms with van der Waals surface area (Å²) in [6.45, 7) is 5.93. The number of ether oxygens (including phenoxy) is 1. The first-order valence-electron chi connectivity index (χ1n) is 15.9. The second-order valence-electron chi connectivity index (χ2n) is 12.7. The van der Waals surface area contributed by atoms with Gasteiger partial charge in [-0.25, -0.2) is 8.78 Å². The zero-order chi connectivity index (χ0) is 32.9. The normalized spacial score (nSPS) is 22.3. The van der Waals surface area contributed by atoms with Crippen molar-refractivity contribution in [1.29, 1.82) is 5.26 Å². The lowest BCUT2D eigenvalue weighted by atomic mass is 9.95. The number of carbonyl (C=O) groups is 2. The summed E-state index contributed by atoms with van der Waals surface area (Å²) in [5.41, 5.74) is 2.06. The SMILES string of the molecule is C=C(F)C(=O)N1CCN(c2nc(OCC34CCCN3C(=O)CC4)nc3c2CCN(c2cccc4ccc(F)c(Cl)c24)C3)C[C@@H]1CC#N. The number of hydrogen-bond donors (Lipinski definition) is 0. The van der Waals surface area contributed by atoms with Crippen molar-refractivity contribution in [3.8, 4) is 12.1 Å². The summed E-state index contributed by atoms with van der Waals surface area (Å²) in [4.78, 5) is 42.3. The topological polar surface area (TPSA) is 106 Å². The minimum atomic E-state index is -1.06. The Hall–Kier alpha value is -4.50. The van der Waals surface area contributed by atoms with Gasteiger partial charge in [0.1, 0.15) is 18.2 Å². The van der Waals surface area contributed by atoms with Crippen molar-refractivity contribution in [2.45, 2.75) is 56.7 Å². The molecule has 4 aliphatic rings. The number of amides is 2. The van der Waals surface area contributed by atoms with E-state index in [1.165, 1.54) is 11.0 Å². The summed E-state index contributed by atoms with van der Waals surface area (Å²) in [7, 11) is 0. The summed E-state index contributed by atoms with van der Waals surface area (Å²) < 4.78 is 34.8. The Morgan fingerprint density at radius 2 is 1.98 bits per heavy atom. The number of piperazine rings is 1. The molecule has 13 heteroatoms. The van der Waals surface area contributed by atoms with Gasteiger partial charge in [0.25, 0.3) is 5.91 Å². The Balaban J connectivity index is 1.24. The number of halogens is 3. The Bertz CT molecular complexity index is 1830. The van der Waals surface area contributed by atoms with Gasteiger partial charge in [0.15, 0.2) is 5.83 Å². The smallest absolute Gasteiger partial charge is 0.318 e. The van der Waals surface area contributed by atoms with Crippen LogP contribution in [0.15, 0.2) is 42.7 Å². The van der Waals surface area contributed by atoms with Crippen LogP contribution < -0.4 is 14.5 Å². The number of fused-ring (bicyclic) bond motifs is 3. The Morgan fingerprint density at radius 1 is 1.13 bits per heavy atom. The highest BCUT2D eigenvalue weighted by Crippen LogP contribution is 2.41. The lowest BCUT2D eigenvalue weighted by molar-refractivity contribution is -0.131. The zero-order valence-corrected chi connectivity index (χ0v) is 26.6. The molecule has 0 radical (unpaired) electrons. The fourth-order valence-electron chi connectivity index (χ4n) is 7.71. The highest BCUT2D eigenvalue weighted by atomic mass is 35.5. The minimum Gasteiger partial charge on any atom is -0.461 e. The molecule has 3 fully saturated rings. The maximum absolute atomic E-state index is 14.6. The third-order valence-corrected chi connectivity index (χ3v) is 10.4. The molecule has 1 unspecified atom stereocenters. The third kappa shape index (κ3) is 5.50. The molecule has 0 saturated carbocycles. The molecular formula is C34H34ClF2N7O3. The predicted molar refractivity (Wildman–Crippen MR) is 172 cm³/mol. The van der Waals surface area contributed by atoms with Crippen molar-refractivity contribution in [3.05, 3.63) is 64.8 Å². The van der Waals surface area contributed by atoms with Crippen LogP contribution in [0.25, 0.3) is 10.8 Å². The van der Waals surface area contributed by atoms with Gasteiger partial charge >= 0.3 is 6.01 Å². The van der Waals surface area contributed by atoms with E-state index in [9.17, 15) is 23.6 Å². The molecule has 4 aliphatic heterocycles. The van der Waals surface area contributed by atoms with E-state index in [1.807, 2.05) is 28.0 Å². The van der Waals surface area contributed by atoms with Crippen molar-refractivity contribution >= 4 is 45.7 Å². The lowest BCUT2D eigenvalue weighted by Crippen LogP contribution is -2.55. The van der Waals surface area contributed by atoms with Gasteiger partial charge in [0.2, 0.25) is 5.91 Å². The van der Waals surface area contributed by atoms with E-state index in [2.05, 4.69) is 17.5 Å². The van der Waals surface area contributed by atoms with Crippen molar-refractivity contribution in [1.82, 2.24) is 19.8 Å². The first-order chi connectivity index (χ1) is 22.7. The van der Waals surface area contributed by atoms with Crippen LogP contribution in [0.2, 0.25) is 5.02 Å². The molecule has 3 aromatic rings. The van der Waals surface area contributed by atoms with Crippen molar-refractivity contribution in [3.63, 3.8) is 0 Å². The molecular weight excluding hydrogens is 628 g/mol. The highest BCUT2D eigenvalue weighted by Gasteiger charge is 2.49. The largest absolute Gasteiger partial charge is 0.461 e. The molecule has 0 aliphatic carbocycles. The van der Waals surface area contributed by atoms with Crippen LogP contribution in [0.1, 0.15) is 43.4 Å². The highest BCUT2D eigenvalue weighted by molar-refractivity contribution is 6.36. The van der Waals surface area contributed by atoms with Crippen LogP contribution >= 0.6 is 11.6 Å². The Morgan fingerprint density at radius 3 is 2.79 bits per heavy atom. The van der Waals surface area contributed by atoms with E-state index in [-0.39, 0.29) is 48.6 Å². The number of benzene rings is 2. The second kappa shape index (κ2) is 12.3. The average Bonchev–Trinajstić information content (AvgIpc) is 3.64. The molecule has 0 bridgehead atoms. The van der Waals surface area contributed by atoms with E-state index >= 15 is 0 Å². The van der Waals surface area contributed by atoms with E-state index < -0.39 is 23.6 Å². The summed E-state index contributed by atoms with van der Waals surface area (Å²) >= 11 is 6.49. The van der Waals surface area contributed by atoms with Gasteiger partial charge in [-0.1, -0.05) is 36.4 Å². The zero-order valence-electron chi connectivity index (χ0n) is 25.9. The van der Waals surface area contributed by atoms with Crippen LogP contribution in [0.5, 0.6) is 6.01 Å². The Kier molecular flexibility index (Phi) is 8.12. The van der Waals surface area contributed by atoms with Gasteiger partial charge in [-0.2, -0.15) is 15.2 Å². The number of carbonyl (C=O) groups excluding carboxylic acids is 2. The first-order valence-corrected chi connectivity index (χ1v) is 16.3. The molecule has 1 aromatic heterocycles. The maximum Gasteiger partial charge on any atom is 0.318 e. The van der Waals surface area contributed by atoms with E-state index in [1.54, 1.807) is 6.07 Å². The van der Waals surface area contributed by atoms with Gasteiger partial charge in [-0.3, -0.25) is 9.59 Å². The molecule has 244 valence electrons. The average molecular weight is 662 g/mol. The van der Waals surface area contributed by atoms with Gasteiger partial charge in [0, 0.05) is 55.8 Å². The predicted octanol–water partition coefficient (Wildman–Crippen LogP) is 4.93. The van der Waals surface area contributed by atoms with Crippen LogP contribution in [-0.2, 0) is 22.6 Å². The molecule has 2 amide bonds. The van der Waals surface area contributed by atoms with Crippen molar-refractivity contribution in [2.75, 3.05) is 49.1 Å². The van der Waals surface area contributed by atoms with Gasteiger partial charge in [-0.15, -0.1) is 0 Å². The van der Waals surface area contributed by atoms with E-state index in [0.29, 0.717) is 43.7 Å².